The largest absolute Gasteiger partial charge is 0.507 e. The lowest BCUT2D eigenvalue weighted by molar-refractivity contribution is -0.384. The van der Waals surface area contributed by atoms with E-state index in [1.807, 2.05) is 0 Å². The normalized spacial score (nSPS) is 13.0. The number of ether oxygens (including phenoxy) is 1. The van der Waals surface area contributed by atoms with Crippen molar-refractivity contribution in [3.8, 4) is 11.5 Å². The summed E-state index contributed by atoms with van der Waals surface area (Å²) in [7, 11) is 0. The molecule has 3 aromatic carbocycles. The van der Waals surface area contributed by atoms with Gasteiger partial charge in [0.15, 0.2) is 5.75 Å². The summed E-state index contributed by atoms with van der Waals surface area (Å²) >= 11 is 0. The Hall–Kier alpha value is -4.14. The van der Waals surface area contributed by atoms with Crippen molar-refractivity contribution in [3.63, 3.8) is 0 Å². The number of phenols is 1. The van der Waals surface area contributed by atoms with Crippen LogP contribution in [0.25, 0.3) is 10.8 Å². The standard InChI is InChI=1S/C20H15N3O6/c24-17-6-2-3-13-14(17)4-1-5-15(13)21-19(25)10-22-11-20(26)29-18-9-12(23(27)28)7-8-16(18)22/h1-9,24H,10-11H2,(H,21,25). The van der Waals surface area contributed by atoms with Crippen molar-refractivity contribution < 1.29 is 24.4 Å². The van der Waals surface area contributed by atoms with Gasteiger partial charge in [-0.15, -0.1) is 0 Å². The molecule has 1 aliphatic rings. The lowest BCUT2D eigenvalue weighted by atomic mass is 10.1. The van der Waals surface area contributed by atoms with Crippen LogP contribution in [0.15, 0.2) is 54.6 Å². The van der Waals surface area contributed by atoms with Crippen molar-refractivity contribution >= 4 is 39.7 Å². The SMILES string of the molecule is O=C(CN1CC(=O)Oc2cc([N+](=O)[O-])ccc21)Nc1cccc2c(O)cccc12. The van der Waals surface area contributed by atoms with E-state index in [1.165, 1.54) is 17.0 Å². The predicted molar refractivity (Wildman–Crippen MR) is 105 cm³/mol. The highest BCUT2D eigenvalue weighted by Gasteiger charge is 2.27. The van der Waals surface area contributed by atoms with Gasteiger partial charge in [-0.25, -0.2) is 4.79 Å². The minimum absolute atomic E-state index is 0.0401. The number of fused-ring (bicyclic) bond motifs is 2. The van der Waals surface area contributed by atoms with Gasteiger partial charge in [0.05, 0.1) is 23.2 Å². The first-order chi connectivity index (χ1) is 13.9. The molecule has 0 spiro atoms. The molecule has 0 saturated carbocycles. The highest BCUT2D eigenvalue weighted by molar-refractivity contribution is 6.05. The monoisotopic (exact) mass is 393 g/mol. The first-order valence-corrected chi connectivity index (χ1v) is 8.67. The summed E-state index contributed by atoms with van der Waals surface area (Å²) < 4.78 is 5.08. The van der Waals surface area contributed by atoms with Gasteiger partial charge in [0.25, 0.3) is 5.69 Å². The highest BCUT2D eigenvalue weighted by atomic mass is 16.6. The number of benzene rings is 3. The van der Waals surface area contributed by atoms with Crippen molar-refractivity contribution in [2.75, 3.05) is 23.3 Å². The summed E-state index contributed by atoms with van der Waals surface area (Å²) in [5.74, 6) is -0.855. The van der Waals surface area contributed by atoms with E-state index in [9.17, 15) is 24.8 Å². The number of nitro benzene ring substituents is 1. The minimum Gasteiger partial charge on any atom is -0.507 e. The van der Waals surface area contributed by atoms with Crippen LogP contribution >= 0.6 is 0 Å². The van der Waals surface area contributed by atoms with Gasteiger partial charge in [-0.2, -0.15) is 0 Å². The van der Waals surface area contributed by atoms with Crippen LogP contribution in [0.2, 0.25) is 0 Å². The third kappa shape index (κ3) is 3.53. The molecule has 2 N–H and O–H groups in total. The van der Waals surface area contributed by atoms with Gasteiger partial charge >= 0.3 is 5.97 Å². The first kappa shape index (κ1) is 18.2. The van der Waals surface area contributed by atoms with Crippen LogP contribution in [0.3, 0.4) is 0 Å². The number of carbonyl (C=O) groups excluding carboxylic acids is 2. The summed E-state index contributed by atoms with van der Waals surface area (Å²) in [5, 5.41) is 25.0. The second-order valence-corrected chi connectivity index (χ2v) is 6.47. The molecule has 9 heteroatoms. The van der Waals surface area contributed by atoms with Crippen LogP contribution in [0.4, 0.5) is 17.1 Å². The first-order valence-electron chi connectivity index (χ1n) is 8.67. The Bertz CT molecular complexity index is 1160. The number of phenolic OH excluding ortho intramolecular Hbond substituents is 1. The molecule has 1 amide bonds. The Kier molecular flexibility index (Phi) is 4.47. The van der Waals surface area contributed by atoms with E-state index < -0.39 is 10.9 Å². The number of non-ortho nitro benzene ring substituents is 1. The van der Waals surface area contributed by atoms with Crippen LogP contribution in [0.1, 0.15) is 0 Å². The fourth-order valence-electron chi connectivity index (χ4n) is 3.26. The van der Waals surface area contributed by atoms with Crippen molar-refractivity contribution in [3.05, 3.63) is 64.7 Å². The van der Waals surface area contributed by atoms with Crippen molar-refractivity contribution in [2.45, 2.75) is 0 Å². The second kappa shape index (κ2) is 7.12. The second-order valence-electron chi connectivity index (χ2n) is 6.47. The van der Waals surface area contributed by atoms with E-state index in [0.717, 1.165) is 6.07 Å². The highest BCUT2D eigenvalue weighted by Crippen LogP contribution is 2.35. The summed E-state index contributed by atoms with van der Waals surface area (Å²) in [6, 6.07) is 14.1. The minimum atomic E-state index is -0.610. The van der Waals surface area contributed by atoms with E-state index in [2.05, 4.69) is 5.32 Å². The average molecular weight is 393 g/mol. The van der Waals surface area contributed by atoms with Crippen LogP contribution in [0, 0.1) is 10.1 Å². The smallest absolute Gasteiger partial charge is 0.331 e. The Morgan fingerprint density at radius 1 is 1.17 bits per heavy atom. The zero-order chi connectivity index (χ0) is 20.5. The van der Waals surface area contributed by atoms with Gasteiger partial charge in [0.1, 0.15) is 12.3 Å². The zero-order valence-corrected chi connectivity index (χ0v) is 15.0. The molecule has 0 radical (unpaired) electrons. The van der Waals surface area contributed by atoms with E-state index in [4.69, 9.17) is 4.74 Å². The van der Waals surface area contributed by atoms with E-state index in [1.54, 1.807) is 36.4 Å². The third-order valence-corrected chi connectivity index (χ3v) is 4.55. The Morgan fingerprint density at radius 2 is 1.93 bits per heavy atom. The number of nitrogens with zero attached hydrogens (tertiary/aromatic N) is 2. The van der Waals surface area contributed by atoms with Crippen LogP contribution in [0.5, 0.6) is 11.5 Å². The maximum Gasteiger partial charge on any atom is 0.331 e. The molecule has 0 fully saturated rings. The molecule has 3 aromatic rings. The maximum atomic E-state index is 12.6. The Labute approximate surface area is 164 Å². The van der Waals surface area contributed by atoms with Crippen molar-refractivity contribution in [1.82, 2.24) is 0 Å². The molecule has 1 heterocycles. The van der Waals surface area contributed by atoms with Crippen LogP contribution in [-0.4, -0.2) is 35.0 Å². The average Bonchev–Trinajstić information content (AvgIpc) is 2.68. The summed E-state index contributed by atoms with van der Waals surface area (Å²) in [6.45, 7) is -0.316. The fraction of sp³-hybridized carbons (Fsp3) is 0.100. The summed E-state index contributed by atoms with van der Waals surface area (Å²) in [4.78, 5) is 36.3. The number of hydrogen-bond donors (Lipinski definition) is 2. The predicted octanol–water partition coefficient (Wildman–Crippen LogP) is 2.82. The number of carbonyl (C=O) groups is 2. The number of aromatic hydroxyl groups is 1. The summed E-state index contributed by atoms with van der Waals surface area (Å²) in [5.41, 5.74) is 0.728. The van der Waals surface area contributed by atoms with E-state index >= 15 is 0 Å². The zero-order valence-electron chi connectivity index (χ0n) is 15.0. The van der Waals surface area contributed by atoms with Crippen molar-refractivity contribution in [2.24, 2.45) is 0 Å². The number of amides is 1. The number of anilines is 2. The van der Waals surface area contributed by atoms with Gasteiger partial charge in [-0.1, -0.05) is 24.3 Å². The van der Waals surface area contributed by atoms with E-state index in [-0.39, 0.29) is 36.2 Å². The molecular formula is C20H15N3O6. The molecule has 0 unspecified atom stereocenters. The topological polar surface area (TPSA) is 122 Å². The Balaban J connectivity index is 1.58. The maximum absolute atomic E-state index is 12.6. The molecule has 4 rings (SSSR count). The van der Waals surface area contributed by atoms with E-state index in [0.29, 0.717) is 22.1 Å². The molecule has 29 heavy (non-hydrogen) atoms. The lowest BCUT2D eigenvalue weighted by Crippen LogP contribution is -2.41. The van der Waals surface area contributed by atoms with Crippen LogP contribution < -0.4 is 15.0 Å². The quantitative estimate of drug-likeness (QED) is 0.302. The number of esters is 1. The molecule has 0 atom stereocenters. The molecule has 1 aliphatic heterocycles. The molecule has 0 aliphatic carbocycles. The summed E-state index contributed by atoms with van der Waals surface area (Å²) in [6.07, 6.45) is 0. The molecular weight excluding hydrogens is 378 g/mol. The Morgan fingerprint density at radius 3 is 2.72 bits per heavy atom. The number of rotatable bonds is 4. The lowest BCUT2D eigenvalue weighted by Gasteiger charge is -2.29. The van der Waals surface area contributed by atoms with Gasteiger partial charge in [-0.3, -0.25) is 14.9 Å². The molecule has 0 bridgehead atoms. The van der Waals surface area contributed by atoms with Crippen molar-refractivity contribution in [1.29, 1.82) is 0 Å². The number of hydrogen-bond acceptors (Lipinski definition) is 7. The molecule has 0 aromatic heterocycles. The van der Waals surface area contributed by atoms with Gasteiger partial charge in [0.2, 0.25) is 5.91 Å². The third-order valence-electron chi connectivity index (χ3n) is 4.55. The van der Waals surface area contributed by atoms with Crippen LogP contribution in [-0.2, 0) is 9.59 Å². The number of nitro groups is 1. The molecule has 0 saturated heterocycles. The fourth-order valence-corrected chi connectivity index (χ4v) is 3.26. The molecule has 146 valence electrons. The van der Waals surface area contributed by atoms with Gasteiger partial charge in [0, 0.05) is 22.5 Å². The van der Waals surface area contributed by atoms with Gasteiger partial charge < -0.3 is 20.1 Å². The number of nitrogens with one attached hydrogen (secondary N) is 1. The molecule has 9 nitrogen and oxygen atoms in total. The van der Waals surface area contributed by atoms with Gasteiger partial charge in [-0.05, 0) is 18.2 Å².